The highest BCUT2D eigenvalue weighted by Gasteiger charge is 2.19. The van der Waals surface area contributed by atoms with E-state index in [2.05, 4.69) is 10.3 Å². The van der Waals surface area contributed by atoms with Crippen molar-refractivity contribution in [3.8, 4) is 11.5 Å². The Morgan fingerprint density at radius 2 is 1.93 bits per heavy atom. The molecule has 0 saturated heterocycles. The van der Waals surface area contributed by atoms with E-state index in [1.54, 1.807) is 36.4 Å². The Labute approximate surface area is 167 Å². The van der Waals surface area contributed by atoms with Crippen molar-refractivity contribution < 1.29 is 14.6 Å². The molecule has 0 saturated carbocycles. The molecule has 0 unspecified atom stereocenters. The van der Waals surface area contributed by atoms with Crippen LogP contribution in [0.15, 0.2) is 71.2 Å². The Morgan fingerprint density at radius 3 is 2.66 bits per heavy atom. The number of rotatable bonds is 4. The molecule has 6 nitrogen and oxygen atoms in total. The van der Waals surface area contributed by atoms with Gasteiger partial charge in [-0.05, 0) is 55.3 Å². The number of pyridine rings is 1. The van der Waals surface area contributed by atoms with Crippen molar-refractivity contribution in [2.24, 2.45) is 0 Å². The number of H-pyrrole nitrogens is 1. The van der Waals surface area contributed by atoms with Gasteiger partial charge in [0.2, 0.25) is 0 Å². The molecule has 1 amide bonds. The van der Waals surface area contributed by atoms with E-state index in [-0.39, 0.29) is 5.56 Å². The quantitative estimate of drug-likeness (QED) is 0.604. The van der Waals surface area contributed by atoms with Gasteiger partial charge in [0.25, 0.3) is 11.5 Å². The highest BCUT2D eigenvalue weighted by atomic mass is 16.5. The minimum Gasteiger partial charge on any atom is -0.506 e. The van der Waals surface area contributed by atoms with Crippen LogP contribution in [-0.4, -0.2) is 23.8 Å². The highest BCUT2D eigenvalue weighted by molar-refractivity contribution is 6.33. The topological polar surface area (TPSA) is 91.4 Å². The number of aromatic amines is 1. The Hall–Kier alpha value is -3.74. The molecule has 1 heterocycles. The van der Waals surface area contributed by atoms with E-state index in [4.69, 9.17) is 12.6 Å². The maximum Gasteiger partial charge on any atom is 0.265 e. The van der Waals surface area contributed by atoms with Gasteiger partial charge in [0, 0.05) is 11.1 Å². The van der Waals surface area contributed by atoms with Gasteiger partial charge in [-0.1, -0.05) is 23.7 Å². The van der Waals surface area contributed by atoms with Gasteiger partial charge >= 0.3 is 0 Å². The molecular weight excluding hydrogens is 367 g/mol. The van der Waals surface area contributed by atoms with Crippen LogP contribution in [0.5, 0.6) is 11.5 Å². The Kier molecular flexibility index (Phi) is 4.95. The molecule has 0 bridgehead atoms. The van der Waals surface area contributed by atoms with Crippen LogP contribution in [0.4, 0.5) is 5.69 Å². The Bertz CT molecular complexity index is 1210. The number of anilines is 1. The zero-order chi connectivity index (χ0) is 20.4. The molecule has 4 rings (SSSR count). The van der Waals surface area contributed by atoms with Crippen molar-refractivity contribution >= 4 is 35.8 Å². The van der Waals surface area contributed by atoms with Crippen molar-refractivity contribution in [2.45, 2.75) is 12.8 Å². The molecule has 0 spiro atoms. The normalized spacial score (nSPS) is 13.2. The summed E-state index contributed by atoms with van der Waals surface area (Å²) >= 11 is 0. The second-order valence-corrected chi connectivity index (χ2v) is 6.65. The fourth-order valence-corrected chi connectivity index (χ4v) is 3.11. The number of aromatic hydroxyl groups is 1. The van der Waals surface area contributed by atoms with Crippen LogP contribution < -0.4 is 21.1 Å². The monoisotopic (exact) mass is 384 g/mol. The number of hydrogen-bond acceptors (Lipinski definition) is 4. The summed E-state index contributed by atoms with van der Waals surface area (Å²) in [5.74, 6) is 0.270. The zero-order valence-corrected chi connectivity index (χ0v) is 15.4. The predicted octanol–water partition coefficient (Wildman–Crippen LogP) is 2.89. The van der Waals surface area contributed by atoms with Crippen LogP contribution in [-0.2, 0) is 0 Å². The van der Waals surface area contributed by atoms with Crippen molar-refractivity contribution in [2.75, 3.05) is 5.32 Å². The number of carbonyl (C=O) groups excluding carboxylic acids is 1. The van der Waals surface area contributed by atoms with Crippen LogP contribution >= 0.6 is 0 Å². The minimum atomic E-state index is -0.723. The average molecular weight is 384 g/mol. The third-order valence-corrected chi connectivity index (χ3v) is 4.55. The molecule has 1 aromatic heterocycles. The number of ether oxygens (including phenoxy) is 1. The second-order valence-electron chi connectivity index (χ2n) is 6.65. The van der Waals surface area contributed by atoms with Crippen LogP contribution in [0.25, 0.3) is 10.9 Å². The lowest BCUT2D eigenvalue weighted by Gasteiger charge is -2.11. The van der Waals surface area contributed by atoms with Crippen molar-refractivity contribution in [3.05, 3.63) is 82.4 Å². The van der Waals surface area contributed by atoms with Crippen molar-refractivity contribution in [1.29, 1.82) is 0 Å². The molecule has 29 heavy (non-hydrogen) atoms. The molecule has 3 aromatic rings. The van der Waals surface area contributed by atoms with Crippen LogP contribution in [0, 0.1) is 0 Å². The average Bonchev–Trinajstić information content (AvgIpc) is 2.71. The molecule has 0 atom stereocenters. The fraction of sp³-hybridized carbons (Fsp3) is 0.0909. The first-order valence-corrected chi connectivity index (χ1v) is 9.12. The first-order chi connectivity index (χ1) is 14.0. The summed E-state index contributed by atoms with van der Waals surface area (Å²) in [7, 11) is 5.74. The molecule has 1 aliphatic rings. The van der Waals surface area contributed by atoms with Gasteiger partial charge < -0.3 is 20.1 Å². The number of allylic oxidation sites excluding steroid dienone is 3. The van der Waals surface area contributed by atoms with Crippen LogP contribution in [0.1, 0.15) is 23.2 Å². The zero-order valence-electron chi connectivity index (χ0n) is 15.4. The standard InChI is InChI=1S/C22H17BN2O4/c23-13-6-11-18-17(12-13)20(26)19(22(28)25-18)21(27)24-14-7-9-16(10-8-14)29-15-4-2-1-3-5-15/h2,4-12H,1,3H2,(H,24,27)(H2,25,26,28). The van der Waals surface area contributed by atoms with Gasteiger partial charge in [-0.15, -0.1) is 0 Å². The first-order valence-electron chi connectivity index (χ1n) is 9.12. The van der Waals surface area contributed by atoms with Gasteiger partial charge in [0.05, 0.1) is 5.52 Å². The molecule has 0 fully saturated rings. The molecule has 2 aromatic carbocycles. The SMILES string of the molecule is [B]c1ccc2[nH]c(=O)c(C(=O)Nc3ccc(OC4=CCCC=C4)cc3)c(O)c2c1. The van der Waals surface area contributed by atoms with Gasteiger partial charge in [0.1, 0.15) is 30.7 Å². The molecular formula is C22H17BN2O4. The molecule has 0 aliphatic heterocycles. The lowest BCUT2D eigenvalue weighted by molar-refractivity contribution is 0.102. The van der Waals surface area contributed by atoms with E-state index in [1.165, 1.54) is 6.07 Å². The molecule has 7 heteroatoms. The number of aromatic nitrogens is 1. The molecule has 1 aliphatic carbocycles. The Morgan fingerprint density at radius 1 is 1.14 bits per heavy atom. The lowest BCUT2D eigenvalue weighted by Crippen LogP contribution is -2.23. The third kappa shape index (κ3) is 3.94. The predicted molar refractivity (Wildman–Crippen MR) is 113 cm³/mol. The number of nitrogens with one attached hydrogen (secondary N) is 2. The first kappa shape index (κ1) is 18.6. The minimum absolute atomic E-state index is 0.298. The fourth-order valence-electron chi connectivity index (χ4n) is 3.11. The number of carbonyl (C=O) groups is 1. The lowest BCUT2D eigenvalue weighted by atomic mass is 9.94. The maximum absolute atomic E-state index is 12.6. The Balaban J connectivity index is 1.55. The van der Waals surface area contributed by atoms with E-state index >= 15 is 0 Å². The van der Waals surface area contributed by atoms with Crippen LogP contribution in [0.3, 0.4) is 0 Å². The number of amides is 1. The van der Waals surface area contributed by atoms with Crippen LogP contribution in [0.2, 0.25) is 0 Å². The molecule has 142 valence electrons. The summed E-state index contributed by atoms with van der Waals surface area (Å²) in [5, 5.41) is 13.4. The smallest absolute Gasteiger partial charge is 0.265 e. The van der Waals surface area contributed by atoms with Gasteiger partial charge in [-0.3, -0.25) is 9.59 Å². The summed E-state index contributed by atoms with van der Waals surface area (Å²) in [6.45, 7) is 0. The molecule has 2 radical (unpaired) electrons. The summed E-state index contributed by atoms with van der Waals surface area (Å²) in [4.78, 5) is 27.5. The summed E-state index contributed by atoms with van der Waals surface area (Å²) in [6, 6.07) is 11.4. The van der Waals surface area contributed by atoms with Crippen molar-refractivity contribution in [1.82, 2.24) is 4.98 Å². The van der Waals surface area contributed by atoms with Crippen molar-refractivity contribution in [3.63, 3.8) is 0 Å². The van der Waals surface area contributed by atoms with E-state index in [0.717, 1.165) is 18.6 Å². The number of benzene rings is 2. The van der Waals surface area contributed by atoms with Gasteiger partial charge in [-0.2, -0.15) is 0 Å². The summed E-state index contributed by atoms with van der Waals surface area (Å²) in [5.41, 5.74) is 0.201. The van der Waals surface area contributed by atoms with E-state index in [9.17, 15) is 14.7 Å². The maximum atomic E-state index is 12.6. The summed E-state index contributed by atoms with van der Waals surface area (Å²) in [6.07, 6.45) is 7.92. The third-order valence-electron chi connectivity index (χ3n) is 4.55. The number of hydrogen-bond donors (Lipinski definition) is 3. The largest absolute Gasteiger partial charge is 0.506 e. The van der Waals surface area contributed by atoms with E-state index < -0.39 is 17.2 Å². The van der Waals surface area contributed by atoms with Gasteiger partial charge in [0.15, 0.2) is 0 Å². The second kappa shape index (κ2) is 7.71. The van der Waals surface area contributed by atoms with E-state index in [0.29, 0.717) is 27.8 Å². The highest BCUT2D eigenvalue weighted by Crippen LogP contribution is 2.25. The molecule has 3 N–H and O–H groups in total. The van der Waals surface area contributed by atoms with Gasteiger partial charge in [-0.25, -0.2) is 0 Å². The number of fused-ring (bicyclic) bond motifs is 1. The van der Waals surface area contributed by atoms with E-state index in [1.807, 2.05) is 18.2 Å². The summed E-state index contributed by atoms with van der Waals surface area (Å²) < 4.78 is 5.75.